The molecule has 0 radical (unpaired) electrons. The van der Waals surface area contributed by atoms with Crippen molar-refractivity contribution in [1.82, 2.24) is 0 Å². The van der Waals surface area contributed by atoms with Gasteiger partial charge >= 0.3 is 0 Å². The lowest BCUT2D eigenvalue weighted by Gasteiger charge is -2.09. The predicted octanol–water partition coefficient (Wildman–Crippen LogP) is 4.42. The van der Waals surface area contributed by atoms with Gasteiger partial charge in [0, 0.05) is 6.07 Å². The Bertz CT molecular complexity index is 822. The number of benzene rings is 3. The standard InChI is InChI=1S/C17H13NO3/c1-21-13-9-10-17(18(19)20)16(11-13)15-8-4-6-12-5-2-3-7-14(12)15/h2-11H,1H3. The summed E-state index contributed by atoms with van der Waals surface area (Å²) in [5.41, 5.74) is 1.47. The number of hydrogen-bond donors (Lipinski definition) is 0. The summed E-state index contributed by atoms with van der Waals surface area (Å²) in [6.07, 6.45) is 0. The van der Waals surface area contributed by atoms with Crippen molar-refractivity contribution >= 4 is 16.5 Å². The summed E-state index contributed by atoms with van der Waals surface area (Å²) in [6, 6.07) is 18.4. The topological polar surface area (TPSA) is 52.4 Å². The molecule has 0 atom stereocenters. The van der Waals surface area contributed by atoms with Gasteiger partial charge in [-0.1, -0.05) is 42.5 Å². The van der Waals surface area contributed by atoms with Gasteiger partial charge in [-0.3, -0.25) is 10.1 Å². The van der Waals surface area contributed by atoms with Gasteiger partial charge in [0.15, 0.2) is 0 Å². The van der Waals surface area contributed by atoms with E-state index in [4.69, 9.17) is 4.74 Å². The minimum atomic E-state index is -0.365. The highest BCUT2D eigenvalue weighted by atomic mass is 16.6. The van der Waals surface area contributed by atoms with Crippen LogP contribution >= 0.6 is 0 Å². The van der Waals surface area contributed by atoms with Gasteiger partial charge in [-0.25, -0.2) is 0 Å². The maximum absolute atomic E-state index is 11.3. The Morgan fingerprint density at radius 2 is 1.71 bits per heavy atom. The summed E-state index contributed by atoms with van der Waals surface area (Å²) in [5, 5.41) is 13.3. The minimum absolute atomic E-state index is 0.0761. The van der Waals surface area contributed by atoms with Crippen LogP contribution in [0.2, 0.25) is 0 Å². The Balaban J connectivity index is 2.34. The van der Waals surface area contributed by atoms with Crippen LogP contribution in [0.5, 0.6) is 5.75 Å². The number of nitro groups is 1. The Labute approximate surface area is 121 Å². The monoisotopic (exact) mass is 279 g/mol. The first-order valence-corrected chi connectivity index (χ1v) is 6.51. The van der Waals surface area contributed by atoms with Crippen molar-refractivity contribution in [3.63, 3.8) is 0 Å². The maximum Gasteiger partial charge on any atom is 0.277 e. The van der Waals surface area contributed by atoms with E-state index < -0.39 is 0 Å². The van der Waals surface area contributed by atoms with Crippen LogP contribution in [0.15, 0.2) is 60.7 Å². The molecular formula is C17H13NO3. The largest absolute Gasteiger partial charge is 0.497 e. The quantitative estimate of drug-likeness (QED) is 0.526. The van der Waals surface area contributed by atoms with Crippen molar-refractivity contribution in [2.75, 3.05) is 7.11 Å². The van der Waals surface area contributed by atoms with E-state index in [1.54, 1.807) is 19.2 Å². The summed E-state index contributed by atoms with van der Waals surface area (Å²) in [7, 11) is 1.55. The van der Waals surface area contributed by atoms with E-state index >= 15 is 0 Å². The maximum atomic E-state index is 11.3. The third-order valence-electron chi connectivity index (χ3n) is 3.48. The Hall–Kier alpha value is -2.88. The van der Waals surface area contributed by atoms with Gasteiger partial charge in [-0.15, -0.1) is 0 Å². The molecule has 3 rings (SSSR count). The molecule has 0 heterocycles. The number of nitro benzene ring substituents is 1. The van der Waals surface area contributed by atoms with E-state index in [9.17, 15) is 10.1 Å². The van der Waals surface area contributed by atoms with Crippen LogP contribution in [-0.4, -0.2) is 12.0 Å². The number of nitrogens with zero attached hydrogens (tertiary/aromatic N) is 1. The molecule has 0 fully saturated rings. The highest BCUT2D eigenvalue weighted by Crippen LogP contribution is 2.37. The number of hydrogen-bond acceptors (Lipinski definition) is 3. The summed E-state index contributed by atoms with van der Waals surface area (Å²) in [6.45, 7) is 0. The molecule has 0 saturated carbocycles. The molecule has 3 aromatic carbocycles. The van der Waals surface area contributed by atoms with Crippen LogP contribution in [0, 0.1) is 10.1 Å². The second kappa shape index (κ2) is 5.25. The van der Waals surface area contributed by atoms with E-state index in [2.05, 4.69) is 0 Å². The number of methoxy groups -OCH3 is 1. The van der Waals surface area contributed by atoms with Crippen LogP contribution in [0.4, 0.5) is 5.69 Å². The molecule has 0 N–H and O–H groups in total. The number of fused-ring (bicyclic) bond motifs is 1. The van der Waals surface area contributed by atoms with Crippen molar-refractivity contribution < 1.29 is 9.66 Å². The van der Waals surface area contributed by atoms with E-state index in [0.29, 0.717) is 11.3 Å². The second-order valence-corrected chi connectivity index (χ2v) is 4.67. The molecule has 104 valence electrons. The third kappa shape index (κ3) is 2.31. The Morgan fingerprint density at radius 3 is 2.48 bits per heavy atom. The highest BCUT2D eigenvalue weighted by molar-refractivity contribution is 5.98. The molecule has 0 unspecified atom stereocenters. The molecule has 0 aromatic heterocycles. The lowest BCUT2D eigenvalue weighted by Crippen LogP contribution is -1.94. The molecule has 0 saturated heterocycles. The lowest BCUT2D eigenvalue weighted by atomic mass is 9.97. The normalized spacial score (nSPS) is 10.5. The fourth-order valence-electron chi connectivity index (χ4n) is 2.48. The van der Waals surface area contributed by atoms with E-state index in [1.165, 1.54) is 6.07 Å². The molecular weight excluding hydrogens is 266 g/mol. The van der Waals surface area contributed by atoms with Gasteiger partial charge in [-0.2, -0.15) is 0 Å². The average Bonchev–Trinajstić information content (AvgIpc) is 2.53. The van der Waals surface area contributed by atoms with Gasteiger partial charge in [0.1, 0.15) is 5.75 Å². The molecule has 4 heteroatoms. The van der Waals surface area contributed by atoms with Crippen LogP contribution in [0.3, 0.4) is 0 Å². The van der Waals surface area contributed by atoms with Gasteiger partial charge in [0.05, 0.1) is 17.6 Å². The predicted molar refractivity (Wildman–Crippen MR) is 82.6 cm³/mol. The summed E-state index contributed by atoms with van der Waals surface area (Å²) in [5.74, 6) is 0.600. The Kier molecular flexibility index (Phi) is 3.28. The molecule has 0 amide bonds. The van der Waals surface area contributed by atoms with E-state index in [0.717, 1.165) is 16.3 Å². The van der Waals surface area contributed by atoms with Gasteiger partial charge in [0.25, 0.3) is 5.69 Å². The average molecular weight is 279 g/mol. The molecule has 0 aliphatic heterocycles. The van der Waals surface area contributed by atoms with Crippen LogP contribution in [-0.2, 0) is 0 Å². The fourth-order valence-corrected chi connectivity index (χ4v) is 2.48. The first-order valence-electron chi connectivity index (χ1n) is 6.51. The zero-order valence-corrected chi connectivity index (χ0v) is 11.4. The fraction of sp³-hybridized carbons (Fsp3) is 0.0588. The summed E-state index contributed by atoms with van der Waals surface area (Å²) >= 11 is 0. The van der Waals surface area contributed by atoms with Crippen molar-refractivity contribution in [3.05, 3.63) is 70.8 Å². The first kappa shape index (κ1) is 13.1. The summed E-state index contributed by atoms with van der Waals surface area (Å²) in [4.78, 5) is 10.9. The van der Waals surface area contributed by atoms with Crippen LogP contribution < -0.4 is 4.74 Å². The van der Waals surface area contributed by atoms with Gasteiger partial charge in [-0.05, 0) is 28.5 Å². The lowest BCUT2D eigenvalue weighted by molar-refractivity contribution is -0.384. The van der Waals surface area contributed by atoms with Crippen molar-refractivity contribution in [2.45, 2.75) is 0 Å². The van der Waals surface area contributed by atoms with Gasteiger partial charge < -0.3 is 4.74 Å². The van der Waals surface area contributed by atoms with Crippen LogP contribution in [0.1, 0.15) is 0 Å². The van der Waals surface area contributed by atoms with E-state index in [-0.39, 0.29) is 10.6 Å². The smallest absolute Gasteiger partial charge is 0.277 e. The SMILES string of the molecule is COc1ccc([N+](=O)[O-])c(-c2cccc3ccccc23)c1. The third-order valence-corrected chi connectivity index (χ3v) is 3.48. The van der Waals surface area contributed by atoms with Crippen molar-refractivity contribution in [1.29, 1.82) is 0 Å². The zero-order chi connectivity index (χ0) is 14.8. The number of ether oxygens (including phenoxy) is 1. The molecule has 0 aliphatic carbocycles. The highest BCUT2D eigenvalue weighted by Gasteiger charge is 2.17. The van der Waals surface area contributed by atoms with Crippen molar-refractivity contribution in [2.24, 2.45) is 0 Å². The molecule has 3 aromatic rings. The van der Waals surface area contributed by atoms with E-state index in [1.807, 2.05) is 42.5 Å². The minimum Gasteiger partial charge on any atom is -0.497 e. The van der Waals surface area contributed by atoms with Gasteiger partial charge in [0.2, 0.25) is 0 Å². The van der Waals surface area contributed by atoms with Crippen molar-refractivity contribution in [3.8, 4) is 16.9 Å². The molecule has 0 bridgehead atoms. The molecule has 0 aliphatic rings. The van der Waals surface area contributed by atoms with Crippen LogP contribution in [0.25, 0.3) is 21.9 Å². The summed E-state index contributed by atoms with van der Waals surface area (Å²) < 4.78 is 5.20. The molecule has 4 nitrogen and oxygen atoms in total. The zero-order valence-electron chi connectivity index (χ0n) is 11.4. The molecule has 0 spiro atoms. The second-order valence-electron chi connectivity index (χ2n) is 4.67. The molecule has 21 heavy (non-hydrogen) atoms. The first-order chi connectivity index (χ1) is 10.2. The Morgan fingerprint density at radius 1 is 0.952 bits per heavy atom. The number of rotatable bonds is 3.